The second-order valence-corrected chi connectivity index (χ2v) is 17.8. The Bertz CT molecular complexity index is 958. The highest BCUT2D eigenvalue weighted by molar-refractivity contribution is 5.76. The van der Waals surface area contributed by atoms with E-state index in [0.29, 0.717) is 6.42 Å². The van der Waals surface area contributed by atoms with Crippen molar-refractivity contribution in [2.24, 2.45) is 0 Å². The summed E-state index contributed by atoms with van der Waals surface area (Å²) >= 11 is 0. The Kier molecular flexibility index (Phi) is 47.6. The van der Waals surface area contributed by atoms with Crippen LogP contribution >= 0.6 is 0 Å². The van der Waals surface area contributed by atoms with Crippen LogP contribution in [0.1, 0.15) is 264 Å². The topological polar surface area (TPSA) is 89.8 Å². The van der Waals surface area contributed by atoms with Crippen molar-refractivity contribution in [3.8, 4) is 0 Å². The summed E-state index contributed by atoms with van der Waals surface area (Å²) in [4.78, 5) is 12.4. The molecule has 0 bridgehead atoms. The highest BCUT2D eigenvalue weighted by Crippen LogP contribution is 2.17. The summed E-state index contributed by atoms with van der Waals surface area (Å²) in [6.07, 6.45) is 64.8. The van der Waals surface area contributed by atoms with Gasteiger partial charge in [-0.1, -0.05) is 242 Å². The number of rotatable bonds is 47. The molecule has 0 aromatic carbocycles. The van der Waals surface area contributed by atoms with Gasteiger partial charge in [-0.05, 0) is 64.7 Å². The Morgan fingerprint density at radius 1 is 0.458 bits per heavy atom. The summed E-state index contributed by atoms with van der Waals surface area (Å²) in [6, 6.07) is -0.766. The molecule has 3 atom stereocenters. The van der Waals surface area contributed by atoms with Crippen LogP contribution in [0.4, 0.5) is 0 Å². The minimum absolute atomic E-state index is 0.00220. The molecule has 1 amide bonds. The van der Waals surface area contributed by atoms with Gasteiger partial charge in [0.2, 0.25) is 5.91 Å². The van der Waals surface area contributed by atoms with Gasteiger partial charge in [0.15, 0.2) is 0 Å². The molecule has 0 aliphatic carbocycles. The molecule has 0 heterocycles. The summed E-state index contributed by atoms with van der Waals surface area (Å²) in [5.74, 6) is -0.331. The lowest BCUT2D eigenvalue weighted by Crippen LogP contribution is -2.45. The van der Waals surface area contributed by atoms with E-state index < -0.39 is 18.2 Å². The van der Waals surface area contributed by atoms with E-state index in [-0.39, 0.29) is 18.9 Å². The van der Waals surface area contributed by atoms with Crippen molar-refractivity contribution in [2.45, 2.75) is 283 Å². The Hall–Kier alpha value is -1.69. The van der Waals surface area contributed by atoms with Crippen LogP contribution in [0.15, 0.2) is 48.6 Å². The number of nitrogens with one attached hydrogen (secondary N) is 1. The van der Waals surface area contributed by atoms with Gasteiger partial charge in [0.25, 0.3) is 0 Å². The van der Waals surface area contributed by atoms with Gasteiger partial charge in [-0.3, -0.25) is 4.79 Å². The van der Waals surface area contributed by atoms with Gasteiger partial charge in [-0.15, -0.1) is 0 Å². The van der Waals surface area contributed by atoms with E-state index in [1.807, 2.05) is 13.0 Å². The van der Waals surface area contributed by atoms with Crippen molar-refractivity contribution in [1.82, 2.24) is 5.32 Å². The van der Waals surface area contributed by atoms with Crippen LogP contribution in [0, 0.1) is 0 Å². The minimum atomic E-state index is -0.958. The van der Waals surface area contributed by atoms with Gasteiger partial charge < -0.3 is 20.6 Å². The molecule has 0 rings (SSSR count). The van der Waals surface area contributed by atoms with E-state index >= 15 is 0 Å². The monoisotopic (exact) mass is 828 g/mol. The van der Waals surface area contributed by atoms with Crippen LogP contribution in [0.2, 0.25) is 0 Å². The average molecular weight is 828 g/mol. The first-order valence-electron chi connectivity index (χ1n) is 25.9. The Morgan fingerprint density at radius 3 is 1.19 bits per heavy atom. The van der Waals surface area contributed by atoms with Gasteiger partial charge in [0.1, 0.15) is 0 Å². The highest BCUT2D eigenvalue weighted by atomic mass is 16.3. The number of unbranched alkanes of at least 4 members (excludes halogenated alkanes) is 33. The first kappa shape index (κ1) is 57.3. The largest absolute Gasteiger partial charge is 0.394 e. The fourth-order valence-electron chi connectivity index (χ4n) is 7.96. The first-order valence-corrected chi connectivity index (χ1v) is 25.9. The zero-order chi connectivity index (χ0) is 43.0. The summed E-state index contributed by atoms with van der Waals surface area (Å²) in [6.45, 7) is 3.97. The lowest BCUT2D eigenvalue weighted by Gasteiger charge is -2.21. The van der Waals surface area contributed by atoms with Crippen molar-refractivity contribution in [3.05, 3.63) is 48.6 Å². The third-order valence-corrected chi connectivity index (χ3v) is 11.9. The molecule has 4 N–H and O–H groups in total. The molecule has 0 spiro atoms. The van der Waals surface area contributed by atoms with Gasteiger partial charge in [0.05, 0.1) is 31.3 Å². The van der Waals surface area contributed by atoms with Crippen molar-refractivity contribution in [1.29, 1.82) is 0 Å². The molecule has 0 fully saturated rings. The molecule has 0 radical (unpaired) electrons. The molecule has 5 heteroatoms. The van der Waals surface area contributed by atoms with Crippen molar-refractivity contribution in [3.63, 3.8) is 0 Å². The van der Waals surface area contributed by atoms with Crippen molar-refractivity contribution in [2.75, 3.05) is 6.61 Å². The zero-order valence-electron chi connectivity index (χ0n) is 39.4. The van der Waals surface area contributed by atoms with Crippen LogP contribution < -0.4 is 5.32 Å². The van der Waals surface area contributed by atoms with Gasteiger partial charge in [-0.2, -0.15) is 0 Å². The highest BCUT2D eigenvalue weighted by Gasteiger charge is 2.20. The maximum atomic E-state index is 12.4. The summed E-state index contributed by atoms with van der Waals surface area (Å²) in [5.41, 5.74) is 0. The van der Waals surface area contributed by atoms with Crippen LogP contribution in [0.5, 0.6) is 0 Å². The van der Waals surface area contributed by atoms with Crippen LogP contribution in [-0.4, -0.2) is 46.1 Å². The van der Waals surface area contributed by atoms with E-state index in [9.17, 15) is 20.1 Å². The zero-order valence-corrected chi connectivity index (χ0v) is 39.4. The number of aliphatic hydroxyl groups excluding tert-OH is 3. The molecular formula is C54H101NO4. The number of hydrogen-bond acceptors (Lipinski definition) is 4. The summed E-state index contributed by atoms with van der Waals surface area (Å²) < 4.78 is 0. The fraction of sp³-hybridized carbons (Fsp3) is 0.833. The molecule has 0 aromatic rings. The predicted octanol–water partition coefficient (Wildman–Crippen LogP) is 15.7. The molecular weight excluding hydrogens is 727 g/mol. The van der Waals surface area contributed by atoms with Gasteiger partial charge in [-0.25, -0.2) is 0 Å². The molecule has 0 aliphatic rings. The second-order valence-electron chi connectivity index (χ2n) is 17.8. The van der Waals surface area contributed by atoms with E-state index in [1.165, 1.54) is 199 Å². The summed E-state index contributed by atoms with van der Waals surface area (Å²) in [5, 5.41) is 33.1. The van der Waals surface area contributed by atoms with Crippen LogP contribution in [0.3, 0.4) is 0 Å². The average Bonchev–Trinajstić information content (AvgIpc) is 3.23. The minimum Gasteiger partial charge on any atom is -0.394 e. The molecule has 5 nitrogen and oxygen atoms in total. The van der Waals surface area contributed by atoms with Crippen LogP contribution in [0.25, 0.3) is 0 Å². The Balaban J connectivity index is 3.45. The van der Waals surface area contributed by atoms with Crippen molar-refractivity contribution >= 4 is 5.91 Å². The fourth-order valence-corrected chi connectivity index (χ4v) is 7.96. The molecule has 0 saturated heterocycles. The number of carbonyl (C=O) groups excluding carboxylic acids is 1. The van der Waals surface area contributed by atoms with Crippen molar-refractivity contribution < 1.29 is 20.1 Å². The number of aliphatic hydroxyl groups is 3. The third kappa shape index (κ3) is 45.7. The Morgan fingerprint density at radius 2 is 0.797 bits per heavy atom. The first-order chi connectivity index (χ1) is 29.0. The number of hydrogen-bond donors (Lipinski definition) is 4. The number of carbonyl (C=O) groups is 1. The number of amides is 1. The second kappa shape index (κ2) is 49.0. The third-order valence-electron chi connectivity index (χ3n) is 11.9. The molecule has 0 aliphatic heterocycles. The van der Waals surface area contributed by atoms with Gasteiger partial charge in [0, 0.05) is 0 Å². The van der Waals surface area contributed by atoms with E-state index in [1.54, 1.807) is 6.08 Å². The lowest BCUT2D eigenvalue weighted by atomic mass is 10.0. The molecule has 0 saturated carbocycles. The molecule has 59 heavy (non-hydrogen) atoms. The smallest absolute Gasteiger partial charge is 0.222 e. The maximum absolute atomic E-state index is 12.4. The normalized spacial score (nSPS) is 13.8. The maximum Gasteiger partial charge on any atom is 0.222 e. The standard InChI is InChI=1S/C54H101NO4/c1-3-5-7-9-11-13-14-15-16-17-18-19-20-21-22-23-24-25-26-27-28-29-30-31-32-33-34-35-36-37-38-40-41-43-45-47-51(57)49-54(59)55-52(50-56)53(58)48-46-44-42-39-12-10-8-6-4-2/h4,6,12,25-26,39,46,48,51-53,56-58H,3,5,7-11,13-24,27-38,40-45,47,49-50H2,1-2H3,(H,55,59)/b6-4+,26-25-,39-12+,48-46+. The number of allylic oxidation sites excluding steroid dienone is 7. The van der Waals surface area contributed by atoms with E-state index in [0.717, 1.165) is 38.5 Å². The molecule has 346 valence electrons. The van der Waals surface area contributed by atoms with Gasteiger partial charge >= 0.3 is 0 Å². The molecule has 3 unspecified atom stereocenters. The van der Waals surface area contributed by atoms with E-state index in [2.05, 4.69) is 48.7 Å². The Labute approximate surface area is 367 Å². The van der Waals surface area contributed by atoms with Crippen LogP contribution in [-0.2, 0) is 4.79 Å². The predicted molar refractivity (Wildman–Crippen MR) is 259 cm³/mol. The lowest BCUT2D eigenvalue weighted by molar-refractivity contribution is -0.124. The summed E-state index contributed by atoms with van der Waals surface area (Å²) in [7, 11) is 0. The quantitative estimate of drug-likeness (QED) is 0.0363. The molecule has 0 aromatic heterocycles. The van der Waals surface area contributed by atoms with E-state index in [4.69, 9.17) is 0 Å². The SMILES string of the molecule is C/C=C/CC/C=C/CC/C=C/C(O)C(CO)NC(=O)CC(O)CCCCCCCCCCCCCCCCC/C=C\CCCCCCCCCCCCCCCCCC.